The van der Waals surface area contributed by atoms with Crippen LogP contribution in [-0.4, -0.2) is 37.1 Å². The highest BCUT2D eigenvalue weighted by atomic mass is 35.5. The van der Waals surface area contributed by atoms with Crippen molar-refractivity contribution in [2.75, 3.05) is 36.4 Å². The van der Waals surface area contributed by atoms with Crippen molar-refractivity contribution in [3.8, 4) is 0 Å². The van der Waals surface area contributed by atoms with Gasteiger partial charge in [0.2, 0.25) is 5.91 Å². The minimum Gasteiger partial charge on any atom is -0.370 e. The van der Waals surface area contributed by atoms with Crippen molar-refractivity contribution in [3.63, 3.8) is 0 Å². The first-order valence-electron chi connectivity index (χ1n) is 8.03. The summed E-state index contributed by atoms with van der Waals surface area (Å²) in [6.07, 6.45) is 7.12. The Morgan fingerprint density at radius 3 is 2.82 bits per heavy atom. The van der Waals surface area contributed by atoms with Crippen LogP contribution >= 0.6 is 12.4 Å². The summed E-state index contributed by atoms with van der Waals surface area (Å²) >= 11 is 0. The van der Waals surface area contributed by atoms with E-state index in [4.69, 9.17) is 0 Å². The fraction of sp³-hybridized carbons (Fsp3) is 0.625. The van der Waals surface area contributed by atoms with E-state index in [9.17, 15) is 4.79 Å². The van der Waals surface area contributed by atoms with E-state index in [1.807, 2.05) is 12.3 Å². The molecule has 22 heavy (non-hydrogen) atoms. The summed E-state index contributed by atoms with van der Waals surface area (Å²) in [7, 11) is 0. The first-order chi connectivity index (χ1) is 10.3. The van der Waals surface area contributed by atoms with Gasteiger partial charge in [-0.2, -0.15) is 0 Å². The highest BCUT2D eigenvalue weighted by Crippen LogP contribution is 2.20. The zero-order chi connectivity index (χ0) is 14.5. The van der Waals surface area contributed by atoms with Crippen LogP contribution < -0.4 is 15.5 Å². The Labute approximate surface area is 138 Å². The van der Waals surface area contributed by atoms with Crippen LogP contribution in [0.15, 0.2) is 18.3 Å². The Kier molecular flexibility index (Phi) is 6.46. The van der Waals surface area contributed by atoms with Crippen molar-refractivity contribution in [3.05, 3.63) is 18.3 Å². The second-order valence-corrected chi connectivity index (χ2v) is 6.04. The van der Waals surface area contributed by atoms with Crippen molar-refractivity contribution in [1.82, 2.24) is 10.3 Å². The Morgan fingerprint density at radius 2 is 2.18 bits per heavy atom. The minimum atomic E-state index is 0. The normalized spacial score (nSPS) is 20.7. The summed E-state index contributed by atoms with van der Waals surface area (Å²) < 4.78 is 0. The van der Waals surface area contributed by atoms with Crippen LogP contribution in [0, 0.1) is 5.92 Å². The molecule has 2 fully saturated rings. The Bertz CT molecular complexity index is 468. The van der Waals surface area contributed by atoms with Gasteiger partial charge in [-0.1, -0.05) is 0 Å². The first kappa shape index (κ1) is 17.0. The van der Waals surface area contributed by atoms with E-state index in [-0.39, 0.29) is 18.3 Å². The third-order valence-electron chi connectivity index (χ3n) is 4.43. The molecule has 1 aromatic heterocycles. The van der Waals surface area contributed by atoms with Crippen LogP contribution in [-0.2, 0) is 4.79 Å². The number of nitrogens with one attached hydrogen (secondary N) is 2. The van der Waals surface area contributed by atoms with Crippen molar-refractivity contribution >= 4 is 29.8 Å². The van der Waals surface area contributed by atoms with Gasteiger partial charge in [0.1, 0.15) is 5.82 Å². The number of halogens is 1. The maximum atomic E-state index is 11.9. The second-order valence-electron chi connectivity index (χ2n) is 6.04. The zero-order valence-electron chi connectivity index (χ0n) is 12.9. The Hall–Kier alpha value is -1.33. The molecule has 0 spiro atoms. The van der Waals surface area contributed by atoms with Gasteiger partial charge >= 0.3 is 0 Å². The molecule has 3 heterocycles. The molecule has 2 aliphatic heterocycles. The van der Waals surface area contributed by atoms with Gasteiger partial charge in [-0.15, -0.1) is 12.4 Å². The zero-order valence-corrected chi connectivity index (χ0v) is 13.7. The lowest BCUT2D eigenvalue weighted by molar-refractivity contribution is -0.116. The Balaban J connectivity index is 0.00000176. The van der Waals surface area contributed by atoms with E-state index in [1.165, 1.54) is 19.3 Å². The summed E-state index contributed by atoms with van der Waals surface area (Å²) in [6.45, 7) is 4.37. The molecule has 0 radical (unpaired) electrons. The average Bonchev–Trinajstić information content (AvgIpc) is 3.19. The molecule has 1 unspecified atom stereocenters. The summed E-state index contributed by atoms with van der Waals surface area (Å²) in [5, 5.41) is 6.22. The molecule has 6 heteroatoms. The molecular formula is C16H25ClN4O. The van der Waals surface area contributed by atoms with Gasteiger partial charge in [0.05, 0.1) is 11.9 Å². The van der Waals surface area contributed by atoms with E-state index < -0.39 is 0 Å². The maximum absolute atomic E-state index is 11.9. The standard InChI is InChI=1S/C16H24N4O.ClH/c21-16(6-3-13-7-8-17-11-13)19-15-5-4-14(12-18-15)20-9-1-2-10-20;/h4-5,12-13,17H,1-3,6-11H2,(H,18,19,21);1H. The van der Waals surface area contributed by atoms with Crippen LogP contribution in [0.5, 0.6) is 0 Å². The fourth-order valence-electron chi connectivity index (χ4n) is 3.12. The number of hydrogen-bond acceptors (Lipinski definition) is 4. The topological polar surface area (TPSA) is 57.3 Å². The number of rotatable bonds is 5. The number of amides is 1. The highest BCUT2D eigenvalue weighted by Gasteiger charge is 2.16. The molecule has 3 rings (SSSR count). The van der Waals surface area contributed by atoms with Crippen LogP contribution in [0.3, 0.4) is 0 Å². The molecule has 2 saturated heterocycles. The number of hydrogen-bond donors (Lipinski definition) is 2. The molecule has 1 atom stereocenters. The lowest BCUT2D eigenvalue weighted by atomic mass is 10.0. The predicted octanol–water partition coefficient (Wildman–Crippen LogP) is 2.43. The maximum Gasteiger partial charge on any atom is 0.225 e. The van der Waals surface area contributed by atoms with Gasteiger partial charge in [-0.3, -0.25) is 4.79 Å². The summed E-state index contributed by atoms with van der Waals surface area (Å²) in [4.78, 5) is 18.6. The first-order valence-corrected chi connectivity index (χ1v) is 8.03. The third kappa shape index (κ3) is 4.58. The Morgan fingerprint density at radius 1 is 1.36 bits per heavy atom. The predicted molar refractivity (Wildman–Crippen MR) is 91.8 cm³/mol. The van der Waals surface area contributed by atoms with Crippen molar-refractivity contribution in [2.45, 2.75) is 32.1 Å². The monoisotopic (exact) mass is 324 g/mol. The van der Waals surface area contributed by atoms with E-state index in [0.29, 0.717) is 18.2 Å². The number of carbonyl (C=O) groups excluding carboxylic acids is 1. The SMILES string of the molecule is Cl.O=C(CCC1CCNC1)Nc1ccc(N2CCCC2)cn1. The number of anilines is 2. The van der Waals surface area contributed by atoms with E-state index in [1.54, 1.807) is 0 Å². The van der Waals surface area contributed by atoms with Crippen molar-refractivity contribution in [1.29, 1.82) is 0 Å². The largest absolute Gasteiger partial charge is 0.370 e. The van der Waals surface area contributed by atoms with Crippen LogP contribution in [0.4, 0.5) is 11.5 Å². The smallest absolute Gasteiger partial charge is 0.225 e. The minimum absolute atomic E-state index is 0. The van der Waals surface area contributed by atoms with Gasteiger partial charge in [0.25, 0.3) is 0 Å². The van der Waals surface area contributed by atoms with Crippen LogP contribution in [0.2, 0.25) is 0 Å². The third-order valence-corrected chi connectivity index (χ3v) is 4.43. The van der Waals surface area contributed by atoms with E-state index in [0.717, 1.165) is 38.3 Å². The summed E-state index contributed by atoms with van der Waals surface area (Å²) in [6, 6.07) is 3.96. The fourth-order valence-corrected chi connectivity index (χ4v) is 3.12. The highest BCUT2D eigenvalue weighted by molar-refractivity contribution is 5.89. The molecule has 1 aromatic rings. The molecule has 2 aliphatic rings. The quantitative estimate of drug-likeness (QED) is 0.873. The van der Waals surface area contributed by atoms with Gasteiger partial charge < -0.3 is 15.5 Å². The van der Waals surface area contributed by atoms with Gasteiger partial charge in [-0.25, -0.2) is 4.98 Å². The summed E-state index contributed by atoms with van der Waals surface area (Å²) in [5.41, 5.74) is 1.16. The van der Waals surface area contributed by atoms with Crippen LogP contribution in [0.25, 0.3) is 0 Å². The lowest BCUT2D eigenvalue weighted by Crippen LogP contribution is -2.18. The number of nitrogens with zero attached hydrogens (tertiary/aromatic N) is 2. The second kappa shape index (κ2) is 8.34. The van der Waals surface area contributed by atoms with Crippen LogP contribution in [0.1, 0.15) is 32.1 Å². The van der Waals surface area contributed by atoms with E-state index >= 15 is 0 Å². The molecule has 0 bridgehead atoms. The van der Waals surface area contributed by atoms with E-state index in [2.05, 4.69) is 26.6 Å². The lowest BCUT2D eigenvalue weighted by Gasteiger charge is -2.17. The molecule has 0 aliphatic carbocycles. The molecular weight excluding hydrogens is 300 g/mol. The van der Waals surface area contributed by atoms with Gasteiger partial charge in [-0.05, 0) is 56.8 Å². The number of aromatic nitrogens is 1. The molecule has 2 N–H and O–H groups in total. The molecule has 5 nitrogen and oxygen atoms in total. The molecule has 0 saturated carbocycles. The van der Waals surface area contributed by atoms with Crippen molar-refractivity contribution in [2.24, 2.45) is 5.92 Å². The number of carbonyl (C=O) groups is 1. The number of pyridine rings is 1. The van der Waals surface area contributed by atoms with Gasteiger partial charge in [0, 0.05) is 19.5 Å². The molecule has 0 aromatic carbocycles. The average molecular weight is 325 g/mol. The van der Waals surface area contributed by atoms with Crippen molar-refractivity contribution < 1.29 is 4.79 Å². The molecule has 122 valence electrons. The van der Waals surface area contributed by atoms with Gasteiger partial charge in [0.15, 0.2) is 0 Å². The summed E-state index contributed by atoms with van der Waals surface area (Å²) in [5.74, 6) is 1.39. The molecule has 1 amide bonds.